The third-order valence-electron chi connectivity index (χ3n) is 3.77. The predicted molar refractivity (Wildman–Crippen MR) is 88.5 cm³/mol. The number of anilines is 1. The zero-order chi connectivity index (χ0) is 16.8. The van der Waals surface area contributed by atoms with Crippen molar-refractivity contribution in [1.82, 2.24) is 19.1 Å². The number of fused-ring (bicyclic) bond motifs is 1. The molecule has 2 N–H and O–H groups in total. The van der Waals surface area contributed by atoms with Crippen LogP contribution in [0.4, 0.5) is 5.95 Å². The third-order valence-corrected chi connectivity index (χ3v) is 3.77. The van der Waals surface area contributed by atoms with E-state index in [1.165, 1.54) is 11.0 Å². The summed E-state index contributed by atoms with van der Waals surface area (Å²) in [6.07, 6.45) is 4.74. The maximum atomic E-state index is 12.1. The van der Waals surface area contributed by atoms with Crippen molar-refractivity contribution in [1.29, 1.82) is 5.26 Å². The number of hydrogen-bond acceptors (Lipinski definition) is 5. The summed E-state index contributed by atoms with van der Waals surface area (Å²) in [7, 11) is 1.56. The van der Waals surface area contributed by atoms with Gasteiger partial charge in [0.25, 0.3) is 5.56 Å². The third kappa shape index (κ3) is 3.62. The molecule has 2 aromatic heterocycles. The molecule has 23 heavy (non-hydrogen) atoms. The standard InChI is InChI=1S/C15H22N6O2/c1-3-4-5-6-9-17-14-18-12-11(21(14)10-7-8-16)13(22)19-15(23)20(12)2/h3-7,9-10H2,1-2H3,(H,17,18)(H,19,22,23). The molecule has 8 heteroatoms. The highest BCUT2D eigenvalue weighted by molar-refractivity contribution is 5.74. The SMILES string of the molecule is CCCCCCNc1nc2c(c(=O)[nH]c(=O)n2C)n1CCC#N. The Hall–Kier alpha value is -2.56. The highest BCUT2D eigenvalue weighted by Gasteiger charge is 2.16. The van der Waals surface area contributed by atoms with E-state index in [9.17, 15) is 9.59 Å². The molecule has 2 aromatic rings. The van der Waals surface area contributed by atoms with Crippen LogP contribution in [0.25, 0.3) is 11.2 Å². The monoisotopic (exact) mass is 318 g/mol. The molecule has 0 aromatic carbocycles. The molecule has 0 aliphatic heterocycles. The van der Waals surface area contributed by atoms with Crippen LogP contribution in [-0.4, -0.2) is 25.6 Å². The fraction of sp³-hybridized carbons (Fsp3) is 0.600. The Morgan fingerprint density at radius 1 is 1.30 bits per heavy atom. The van der Waals surface area contributed by atoms with Gasteiger partial charge < -0.3 is 9.88 Å². The van der Waals surface area contributed by atoms with Crippen LogP contribution in [0.2, 0.25) is 0 Å². The molecule has 8 nitrogen and oxygen atoms in total. The number of aromatic amines is 1. The molecule has 0 amide bonds. The molecule has 124 valence electrons. The van der Waals surface area contributed by atoms with E-state index in [1.54, 1.807) is 11.6 Å². The van der Waals surface area contributed by atoms with Crippen molar-refractivity contribution in [2.75, 3.05) is 11.9 Å². The van der Waals surface area contributed by atoms with Crippen molar-refractivity contribution in [3.63, 3.8) is 0 Å². The van der Waals surface area contributed by atoms with Gasteiger partial charge in [0, 0.05) is 20.1 Å². The number of aromatic nitrogens is 4. The molecule has 0 fully saturated rings. The summed E-state index contributed by atoms with van der Waals surface area (Å²) in [4.78, 5) is 30.5. The van der Waals surface area contributed by atoms with E-state index in [2.05, 4.69) is 28.3 Å². The van der Waals surface area contributed by atoms with Gasteiger partial charge in [0.2, 0.25) is 5.95 Å². The predicted octanol–water partition coefficient (Wildman–Crippen LogP) is 1.33. The van der Waals surface area contributed by atoms with Crippen LogP contribution in [-0.2, 0) is 13.6 Å². The molecule has 0 radical (unpaired) electrons. The summed E-state index contributed by atoms with van der Waals surface area (Å²) in [5.41, 5.74) is -0.333. The van der Waals surface area contributed by atoms with Gasteiger partial charge in [-0.1, -0.05) is 26.2 Å². The van der Waals surface area contributed by atoms with Gasteiger partial charge in [-0.2, -0.15) is 10.2 Å². The minimum absolute atomic E-state index is 0.262. The Morgan fingerprint density at radius 3 is 2.78 bits per heavy atom. The summed E-state index contributed by atoms with van der Waals surface area (Å²) in [6, 6.07) is 2.07. The molecule has 0 unspecified atom stereocenters. The van der Waals surface area contributed by atoms with Gasteiger partial charge in [-0.05, 0) is 6.42 Å². The van der Waals surface area contributed by atoms with Gasteiger partial charge in [-0.15, -0.1) is 0 Å². The number of hydrogen-bond donors (Lipinski definition) is 2. The normalized spacial score (nSPS) is 10.8. The van der Waals surface area contributed by atoms with Gasteiger partial charge in [-0.3, -0.25) is 14.3 Å². The second-order valence-electron chi connectivity index (χ2n) is 5.47. The van der Waals surface area contributed by atoms with E-state index in [0.717, 1.165) is 25.8 Å². The van der Waals surface area contributed by atoms with Crippen molar-refractivity contribution in [2.24, 2.45) is 7.05 Å². The highest BCUT2D eigenvalue weighted by atomic mass is 16.2. The minimum Gasteiger partial charge on any atom is -0.356 e. The largest absolute Gasteiger partial charge is 0.356 e. The lowest BCUT2D eigenvalue weighted by atomic mass is 10.2. The Morgan fingerprint density at radius 2 is 2.09 bits per heavy atom. The van der Waals surface area contributed by atoms with Crippen LogP contribution in [0.5, 0.6) is 0 Å². The van der Waals surface area contributed by atoms with Crippen LogP contribution in [0.1, 0.15) is 39.0 Å². The molecule has 0 atom stereocenters. The van der Waals surface area contributed by atoms with Crippen LogP contribution in [0, 0.1) is 11.3 Å². The quantitative estimate of drug-likeness (QED) is 0.714. The number of nitrogens with one attached hydrogen (secondary N) is 2. The number of unbranched alkanes of at least 4 members (excludes halogenated alkanes) is 3. The first-order valence-electron chi connectivity index (χ1n) is 7.90. The minimum atomic E-state index is -0.498. The van der Waals surface area contributed by atoms with Crippen LogP contribution < -0.4 is 16.6 Å². The lowest BCUT2D eigenvalue weighted by Gasteiger charge is -2.08. The molecular weight excluding hydrogens is 296 g/mol. The summed E-state index contributed by atoms with van der Waals surface area (Å²) < 4.78 is 2.98. The van der Waals surface area contributed by atoms with Crippen molar-refractivity contribution < 1.29 is 0 Å². The van der Waals surface area contributed by atoms with Crippen molar-refractivity contribution in [3.05, 3.63) is 20.8 Å². The fourth-order valence-electron chi connectivity index (χ4n) is 2.50. The van der Waals surface area contributed by atoms with Gasteiger partial charge in [-0.25, -0.2) is 4.79 Å². The van der Waals surface area contributed by atoms with Crippen molar-refractivity contribution in [3.8, 4) is 6.07 Å². The van der Waals surface area contributed by atoms with Crippen LogP contribution >= 0.6 is 0 Å². The van der Waals surface area contributed by atoms with E-state index >= 15 is 0 Å². The van der Waals surface area contributed by atoms with Crippen molar-refractivity contribution in [2.45, 2.75) is 45.6 Å². The average Bonchev–Trinajstić information content (AvgIpc) is 2.89. The highest BCUT2D eigenvalue weighted by Crippen LogP contribution is 2.16. The number of rotatable bonds is 8. The molecule has 0 saturated heterocycles. The molecule has 0 aliphatic rings. The van der Waals surface area contributed by atoms with Crippen LogP contribution in [0.15, 0.2) is 9.59 Å². The van der Waals surface area contributed by atoms with E-state index in [-0.39, 0.29) is 6.42 Å². The number of H-pyrrole nitrogens is 1. The van der Waals surface area contributed by atoms with Crippen LogP contribution in [0.3, 0.4) is 0 Å². The first-order valence-corrected chi connectivity index (χ1v) is 7.90. The first kappa shape index (κ1) is 16.8. The molecule has 0 saturated carbocycles. The Labute approximate surface area is 133 Å². The topological polar surface area (TPSA) is 108 Å². The van der Waals surface area contributed by atoms with E-state index in [0.29, 0.717) is 23.7 Å². The molecule has 0 spiro atoms. The number of aryl methyl sites for hydroxylation is 2. The fourth-order valence-corrected chi connectivity index (χ4v) is 2.50. The zero-order valence-corrected chi connectivity index (χ0v) is 13.6. The average molecular weight is 318 g/mol. The lowest BCUT2D eigenvalue weighted by molar-refractivity contribution is 0.676. The van der Waals surface area contributed by atoms with Gasteiger partial charge in [0.05, 0.1) is 12.5 Å². The summed E-state index contributed by atoms with van der Waals surface area (Å²) in [6.45, 7) is 3.24. The van der Waals surface area contributed by atoms with E-state index < -0.39 is 11.2 Å². The number of imidazole rings is 1. The Bertz CT molecular complexity index is 823. The molecule has 2 heterocycles. The summed E-state index contributed by atoms with van der Waals surface area (Å²) >= 11 is 0. The summed E-state index contributed by atoms with van der Waals surface area (Å²) in [5, 5.41) is 12.0. The molecular formula is C15H22N6O2. The lowest BCUT2D eigenvalue weighted by Crippen LogP contribution is -2.29. The van der Waals surface area contributed by atoms with Crippen molar-refractivity contribution >= 4 is 17.1 Å². The number of nitriles is 1. The van der Waals surface area contributed by atoms with E-state index in [1.807, 2.05) is 0 Å². The Balaban J connectivity index is 2.36. The second-order valence-corrected chi connectivity index (χ2v) is 5.47. The second kappa shape index (κ2) is 7.63. The molecule has 0 bridgehead atoms. The van der Waals surface area contributed by atoms with Gasteiger partial charge >= 0.3 is 5.69 Å². The first-order chi connectivity index (χ1) is 11.1. The maximum absolute atomic E-state index is 12.1. The smallest absolute Gasteiger partial charge is 0.329 e. The molecule has 0 aliphatic carbocycles. The maximum Gasteiger partial charge on any atom is 0.329 e. The van der Waals surface area contributed by atoms with Gasteiger partial charge in [0.1, 0.15) is 0 Å². The molecule has 2 rings (SSSR count). The summed E-state index contributed by atoms with van der Waals surface area (Å²) in [5.74, 6) is 0.526. The Kier molecular flexibility index (Phi) is 5.57. The number of nitrogens with zero attached hydrogens (tertiary/aromatic N) is 4. The van der Waals surface area contributed by atoms with Gasteiger partial charge in [0.15, 0.2) is 11.2 Å². The van der Waals surface area contributed by atoms with E-state index in [4.69, 9.17) is 5.26 Å². The zero-order valence-electron chi connectivity index (χ0n) is 13.6.